The number of fused-ring (bicyclic) bond motifs is 1. The normalized spacial score (nSPS) is 16.5. The third-order valence-corrected chi connectivity index (χ3v) is 6.18. The number of hydrogen-bond donors (Lipinski definition) is 1. The Balaban J connectivity index is 1.22. The Morgan fingerprint density at radius 3 is 2.61 bits per heavy atom. The number of hydrogen-bond acceptors (Lipinski definition) is 6. The molecule has 10 nitrogen and oxygen atoms in total. The summed E-state index contributed by atoms with van der Waals surface area (Å²) in [7, 11) is 1.64. The number of amides is 2. The summed E-state index contributed by atoms with van der Waals surface area (Å²) in [6.45, 7) is 2.66. The number of anilines is 1. The molecule has 5 heterocycles. The number of aryl methyl sites for hydroxylation is 1. The molecule has 0 atom stereocenters. The Bertz CT molecular complexity index is 1380. The third-order valence-electron chi connectivity index (χ3n) is 6.18. The van der Waals surface area contributed by atoms with Crippen LogP contribution in [0, 0.1) is 5.41 Å². The van der Waals surface area contributed by atoms with Gasteiger partial charge in [-0.15, -0.1) is 0 Å². The van der Waals surface area contributed by atoms with Gasteiger partial charge in [-0.2, -0.15) is 10.1 Å². The molecule has 0 radical (unpaired) electrons. The van der Waals surface area contributed by atoms with Crippen LogP contribution in [0.1, 0.15) is 20.8 Å². The number of ether oxygens (including phenoxy) is 1. The van der Waals surface area contributed by atoms with E-state index in [0.717, 1.165) is 11.3 Å². The SMILES string of the molecule is Cn1ncc(C(=O)N2CC3(COC3)C2)c1C(=O)Nc1ccn2cc(-c3ccccc3)nc2n1. The zero-order chi connectivity index (χ0) is 22.6. The summed E-state index contributed by atoms with van der Waals surface area (Å²) >= 11 is 0. The molecule has 2 aliphatic heterocycles. The molecule has 3 aromatic heterocycles. The van der Waals surface area contributed by atoms with E-state index >= 15 is 0 Å². The zero-order valence-electron chi connectivity index (χ0n) is 17.9. The van der Waals surface area contributed by atoms with Crippen molar-refractivity contribution >= 4 is 23.4 Å². The van der Waals surface area contributed by atoms with Gasteiger partial charge in [0.1, 0.15) is 11.5 Å². The summed E-state index contributed by atoms with van der Waals surface area (Å²) in [6, 6.07) is 11.5. The first kappa shape index (κ1) is 19.6. The smallest absolute Gasteiger partial charge is 0.275 e. The van der Waals surface area contributed by atoms with Crippen molar-refractivity contribution in [1.82, 2.24) is 29.0 Å². The molecular weight excluding hydrogens is 422 g/mol. The van der Waals surface area contributed by atoms with Crippen molar-refractivity contribution < 1.29 is 14.3 Å². The maximum atomic E-state index is 13.1. The van der Waals surface area contributed by atoms with Gasteiger partial charge in [0.2, 0.25) is 5.78 Å². The van der Waals surface area contributed by atoms with E-state index in [2.05, 4.69) is 20.4 Å². The van der Waals surface area contributed by atoms with E-state index in [9.17, 15) is 9.59 Å². The minimum absolute atomic E-state index is 0.0996. The number of aromatic nitrogens is 5. The molecule has 1 aromatic carbocycles. The number of carbonyl (C=O) groups is 2. The highest BCUT2D eigenvalue weighted by Gasteiger charge is 2.51. The van der Waals surface area contributed by atoms with Gasteiger partial charge in [0.15, 0.2) is 0 Å². The van der Waals surface area contributed by atoms with Crippen LogP contribution in [-0.2, 0) is 11.8 Å². The van der Waals surface area contributed by atoms with Gasteiger partial charge in [-0.05, 0) is 6.07 Å². The third kappa shape index (κ3) is 3.26. The van der Waals surface area contributed by atoms with Crippen LogP contribution in [0.4, 0.5) is 5.82 Å². The molecule has 1 spiro atoms. The predicted molar refractivity (Wildman–Crippen MR) is 119 cm³/mol. The van der Waals surface area contributed by atoms with Gasteiger partial charge in [0.25, 0.3) is 11.8 Å². The second-order valence-corrected chi connectivity index (χ2v) is 8.65. The first-order valence-corrected chi connectivity index (χ1v) is 10.6. The van der Waals surface area contributed by atoms with E-state index in [-0.39, 0.29) is 22.6 Å². The molecule has 6 rings (SSSR count). The van der Waals surface area contributed by atoms with Crippen molar-refractivity contribution in [2.75, 3.05) is 31.6 Å². The quantitative estimate of drug-likeness (QED) is 0.516. The van der Waals surface area contributed by atoms with Crippen molar-refractivity contribution in [2.24, 2.45) is 12.5 Å². The van der Waals surface area contributed by atoms with E-state index in [1.54, 1.807) is 28.6 Å². The molecule has 4 aromatic rings. The lowest BCUT2D eigenvalue weighted by Gasteiger charge is -2.54. The molecule has 2 amide bonds. The monoisotopic (exact) mass is 443 g/mol. The van der Waals surface area contributed by atoms with Crippen LogP contribution < -0.4 is 5.32 Å². The molecule has 0 unspecified atom stereocenters. The van der Waals surface area contributed by atoms with E-state index in [4.69, 9.17) is 4.74 Å². The first-order valence-electron chi connectivity index (χ1n) is 10.6. The van der Waals surface area contributed by atoms with Gasteiger partial charge < -0.3 is 15.0 Å². The molecule has 0 aliphatic carbocycles. The van der Waals surface area contributed by atoms with Gasteiger partial charge in [-0.1, -0.05) is 30.3 Å². The second kappa shape index (κ2) is 7.24. The van der Waals surface area contributed by atoms with Crippen molar-refractivity contribution in [3.8, 4) is 11.3 Å². The minimum Gasteiger partial charge on any atom is -0.380 e. The van der Waals surface area contributed by atoms with Crippen LogP contribution in [0.15, 0.2) is 55.0 Å². The molecular formula is C23H21N7O3. The topological polar surface area (TPSA) is 107 Å². The summed E-state index contributed by atoms with van der Waals surface area (Å²) in [5.41, 5.74) is 2.34. The number of nitrogens with one attached hydrogen (secondary N) is 1. The van der Waals surface area contributed by atoms with Crippen LogP contribution in [0.2, 0.25) is 0 Å². The molecule has 2 aliphatic rings. The van der Waals surface area contributed by atoms with E-state index in [0.29, 0.717) is 37.9 Å². The summed E-state index contributed by atoms with van der Waals surface area (Å²) in [5.74, 6) is 0.149. The van der Waals surface area contributed by atoms with Gasteiger partial charge in [-0.3, -0.25) is 18.7 Å². The second-order valence-electron chi connectivity index (χ2n) is 8.65. The van der Waals surface area contributed by atoms with Crippen LogP contribution in [0.5, 0.6) is 0 Å². The average Bonchev–Trinajstić information content (AvgIpc) is 3.35. The molecule has 0 bridgehead atoms. The van der Waals surface area contributed by atoms with Crippen molar-refractivity contribution in [3.63, 3.8) is 0 Å². The van der Waals surface area contributed by atoms with E-state index < -0.39 is 5.91 Å². The molecule has 0 saturated carbocycles. The molecule has 33 heavy (non-hydrogen) atoms. The molecule has 2 fully saturated rings. The number of imidazole rings is 1. The highest BCUT2D eigenvalue weighted by molar-refractivity contribution is 6.11. The van der Waals surface area contributed by atoms with Crippen LogP contribution in [0.25, 0.3) is 17.0 Å². The number of carbonyl (C=O) groups excluding carboxylic acids is 2. The van der Waals surface area contributed by atoms with E-state index in [1.165, 1.54) is 10.9 Å². The van der Waals surface area contributed by atoms with Crippen LogP contribution in [0.3, 0.4) is 0 Å². The Kier molecular flexibility index (Phi) is 4.31. The lowest BCUT2D eigenvalue weighted by molar-refractivity contribution is -0.176. The largest absolute Gasteiger partial charge is 0.380 e. The molecule has 1 N–H and O–H groups in total. The Labute approximate surface area is 188 Å². The number of rotatable bonds is 4. The maximum absolute atomic E-state index is 13.1. The Morgan fingerprint density at radius 1 is 1.09 bits per heavy atom. The first-order chi connectivity index (χ1) is 16.0. The predicted octanol–water partition coefficient (Wildman–Crippen LogP) is 1.85. The molecule has 2 saturated heterocycles. The summed E-state index contributed by atoms with van der Waals surface area (Å²) in [5, 5.41) is 6.93. The summed E-state index contributed by atoms with van der Waals surface area (Å²) < 4.78 is 8.47. The van der Waals surface area contributed by atoms with Gasteiger partial charge in [-0.25, -0.2) is 4.98 Å². The minimum atomic E-state index is -0.452. The van der Waals surface area contributed by atoms with E-state index in [1.807, 2.05) is 36.5 Å². The van der Waals surface area contributed by atoms with Crippen molar-refractivity contribution in [1.29, 1.82) is 0 Å². The highest BCUT2D eigenvalue weighted by Crippen LogP contribution is 2.38. The number of benzene rings is 1. The van der Waals surface area contributed by atoms with Crippen LogP contribution in [-0.4, -0.2) is 67.2 Å². The Hall–Kier alpha value is -4.05. The number of nitrogens with zero attached hydrogens (tertiary/aromatic N) is 6. The number of likely N-dealkylation sites (tertiary alicyclic amines) is 1. The van der Waals surface area contributed by atoms with Gasteiger partial charge >= 0.3 is 0 Å². The van der Waals surface area contributed by atoms with Gasteiger partial charge in [0, 0.05) is 38.1 Å². The lowest BCUT2D eigenvalue weighted by Crippen LogP contribution is -2.67. The fourth-order valence-electron chi connectivity index (χ4n) is 4.38. The van der Waals surface area contributed by atoms with Crippen molar-refractivity contribution in [3.05, 3.63) is 66.2 Å². The summed E-state index contributed by atoms with van der Waals surface area (Å²) in [4.78, 5) is 36.8. The van der Waals surface area contributed by atoms with Gasteiger partial charge in [0.05, 0.1) is 36.1 Å². The Morgan fingerprint density at radius 2 is 1.88 bits per heavy atom. The molecule has 10 heteroatoms. The standard InChI is InChI=1S/C23H21N7O3/c1-28-19(16(9-24-28)21(32)30-11-23(12-30)13-33-14-23)20(31)26-18-7-8-29-10-17(25-22(29)27-18)15-5-3-2-4-6-15/h2-10H,11-14H2,1H3,(H,25,26,27,31). The fraction of sp³-hybridized carbons (Fsp3) is 0.261. The molecule has 166 valence electrons. The fourth-order valence-corrected chi connectivity index (χ4v) is 4.38. The lowest BCUT2D eigenvalue weighted by atomic mass is 9.78. The van der Waals surface area contributed by atoms with Crippen molar-refractivity contribution in [2.45, 2.75) is 0 Å². The van der Waals surface area contributed by atoms with Crippen LogP contribution >= 0.6 is 0 Å². The highest BCUT2D eigenvalue weighted by atomic mass is 16.5. The summed E-state index contributed by atoms with van der Waals surface area (Å²) in [6.07, 6.45) is 5.11. The maximum Gasteiger partial charge on any atom is 0.275 e. The average molecular weight is 443 g/mol. The zero-order valence-corrected chi connectivity index (χ0v) is 17.9.